The van der Waals surface area contributed by atoms with Crippen LogP contribution in [0.1, 0.15) is 26.3 Å². The number of anilines is 2. The van der Waals surface area contributed by atoms with Crippen molar-refractivity contribution in [2.24, 2.45) is 0 Å². The lowest BCUT2D eigenvalue weighted by Gasteiger charge is -2.29. The molecule has 1 aliphatic rings. The van der Waals surface area contributed by atoms with E-state index in [0.29, 0.717) is 42.6 Å². The molecule has 8 nitrogen and oxygen atoms in total. The minimum Gasteiger partial charge on any atom is -0.445 e. The average Bonchev–Trinajstić information content (AvgIpc) is 2.97. The fourth-order valence-corrected chi connectivity index (χ4v) is 3.71. The molecule has 0 aliphatic carbocycles. The average molecular weight is 475 g/mol. The summed E-state index contributed by atoms with van der Waals surface area (Å²) in [5.41, 5.74) is 7.41. The van der Waals surface area contributed by atoms with Gasteiger partial charge >= 0.3 is 12.2 Å². The van der Waals surface area contributed by atoms with Crippen LogP contribution in [0.25, 0.3) is 0 Å². The van der Waals surface area contributed by atoms with Gasteiger partial charge in [-0.15, -0.1) is 0 Å². The van der Waals surface area contributed by atoms with Gasteiger partial charge in [0.2, 0.25) is 0 Å². The van der Waals surface area contributed by atoms with E-state index in [4.69, 9.17) is 26.8 Å². The maximum Gasteiger partial charge on any atom is 0.410 e. The number of rotatable bonds is 4. The zero-order chi connectivity index (χ0) is 24.0. The predicted molar refractivity (Wildman–Crippen MR) is 129 cm³/mol. The summed E-state index contributed by atoms with van der Waals surface area (Å²) >= 11 is 6.34. The molecule has 1 unspecified atom stereocenters. The largest absolute Gasteiger partial charge is 0.445 e. The number of carbonyl (C=O) groups is 2. The van der Waals surface area contributed by atoms with Crippen molar-refractivity contribution >= 4 is 35.2 Å². The molecule has 1 heterocycles. The second-order valence-corrected chi connectivity index (χ2v) is 9.37. The van der Waals surface area contributed by atoms with Crippen molar-refractivity contribution in [3.05, 3.63) is 59.1 Å². The van der Waals surface area contributed by atoms with Crippen LogP contribution in [0.5, 0.6) is 0 Å². The molecule has 2 amide bonds. The highest BCUT2D eigenvalue weighted by Gasteiger charge is 2.31. The van der Waals surface area contributed by atoms with Crippen molar-refractivity contribution in [2.75, 3.05) is 37.2 Å². The number of nitrogens with one attached hydrogen (secondary N) is 1. The molecular formula is C24H31ClN4O4. The number of halogens is 1. The van der Waals surface area contributed by atoms with Gasteiger partial charge < -0.3 is 30.3 Å². The number of amides is 2. The molecule has 33 heavy (non-hydrogen) atoms. The molecule has 0 spiro atoms. The van der Waals surface area contributed by atoms with Gasteiger partial charge in [0.1, 0.15) is 12.2 Å². The number of benzene rings is 2. The Kier molecular flexibility index (Phi) is 7.92. The molecule has 0 bridgehead atoms. The number of hydrogen-bond acceptors (Lipinski definition) is 6. The third-order valence-corrected chi connectivity index (χ3v) is 5.35. The van der Waals surface area contributed by atoms with Crippen LogP contribution >= 0.6 is 11.6 Å². The Morgan fingerprint density at radius 2 is 1.67 bits per heavy atom. The predicted octanol–water partition coefficient (Wildman–Crippen LogP) is 4.59. The van der Waals surface area contributed by atoms with E-state index >= 15 is 0 Å². The van der Waals surface area contributed by atoms with Crippen LogP contribution in [-0.4, -0.2) is 59.8 Å². The first-order chi connectivity index (χ1) is 15.6. The van der Waals surface area contributed by atoms with Gasteiger partial charge in [-0.05, 0) is 38.5 Å². The summed E-state index contributed by atoms with van der Waals surface area (Å²) in [6.07, 6.45) is -0.898. The first-order valence-corrected chi connectivity index (χ1v) is 11.2. The lowest BCUT2D eigenvalue weighted by atomic mass is 10.2. The van der Waals surface area contributed by atoms with Gasteiger partial charge in [0.05, 0.1) is 22.4 Å². The zero-order valence-corrected chi connectivity index (χ0v) is 20.0. The third kappa shape index (κ3) is 7.18. The lowest BCUT2D eigenvalue weighted by Crippen LogP contribution is -2.44. The first-order valence-electron chi connectivity index (χ1n) is 10.9. The van der Waals surface area contributed by atoms with E-state index in [1.807, 2.05) is 51.1 Å². The SMILES string of the molecule is CC(C)(C)OC(=O)N1CCN(C(=O)OCc2ccccc2)CC(Nc2c(N)cccc2Cl)C1. The fourth-order valence-electron chi connectivity index (χ4n) is 3.47. The van der Waals surface area contributed by atoms with Crippen molar-refractivity contribution in [3.63, 3.8) is 0 Å². The Bertz CT molecular complexity index is 944. The maximum absolute atomic E-state index is 12.9. The molecular weight excluding hydrogens is 444 g/mol. The molecule has 178 valence electrons. The van der Waals surface area contributed by atoms with E-state index in [1.54, 1.807) is 28.0 Å². The Morgan fingerprint density at radius 3 is 2.27 bits per heavy atom. The fraction of sp³-hybridized carbons (Fsp3) is 0.417. The maximum atomic E-state index is 12.9. The molecule has 0 aromatic heterocycles. The standard InChI is InChI=1S/C24H31ClN4O4/c1-24(2,3)33-23(31)29-13-12-28(22(30)32-16-17-8-5-4-6-9-17)14-18(15-29)27-21-19(25)10-7-11-20(21)26/h4-11,18,27H,12-16,26H2,1-3H3. The summed E-state index contributed by atoms with van der Waals surface area (Å²) in [6, 6.07) is 14.4. The quantitative estimate of drug-likeness (QED) is 0.629. The van der Waals surface area contributed by atoms with Crippen LogP contribution in [-0.2, 0) is 16.1 Å². The van der Waals surface area contributed by atoms with Crippen molar-refractivity contribution in [1.82, 2.24) is 9.80 Å². The van der Waals surface area contributed by atoms with Crippen molar-refractivity contribution in [3.8, 4) is 0 Å². The highest BCUT2D eigenvalue weighted by atomic mass is 35.5. The monoisotopic (exact) mass is 474 g/mol. The van der Waals surface area contributed by atoms with Gasteiger partial charge in [-0.2, -0.15) is 0 Å². The van der Waals surface area contributed by atoms with Gasteiger partial charge in [0.15, 0.2) is 0 Å². The molecule has 0 saturated carbocycles. The minimum absolute atomic E-state index is 0.168. The molecule has 9 heteroatoms. The van der Waals surface area contributed by atoms with Crippen LogP contribution in [0.3, 0.4) is 0 Å². The molecule has 3 N–H and O–H groups in total. The van der Waals surface area contributed by atoms with Gasteiger partial charge in [-0.25, -0.2) is 9.59 Å². The van der Waals surface area contributed by atoms with E-state index in [2.05, 4.69) is 5.32 Å². The third-order valence-electron chi connectivity index (χ3n) is 5.03. The topological polar surface area (TPSA) is 97.1 Å². The highest BCUT2D eigenvalue weighted by Crippen LogP contribution is 2.29. The van der Waals surface area contributed by atoms with E-state index in [0.717, 1.165) is 5.56 Å². The van der Waals surface area contributed by atoms with Crippen molar-refractivity contribution in [2.45, 2.75) is 39.0 Å². The van der Waals surface area contributed by atoms with Gasteiger partial charge in [-0.3, -0.25) is 0 Å². The second-order valence-electron chi connectivity index (χ2n) is 8.96. The normalized spacial score (nSPS) is 16.7. The first kappa shape index (κ1) is 24.5. The number of ether oxygens (including phenoxy) is 2. The summed E-state index contributed by atoms with van der Waals surface area (Å²) in [5, 5.41) is 3.77. The molecule has 1 fully saturated rings. The summed E-state index contributed by atoms with van der Waals surface area (Å²) in [4.78, 5) is 28.8. The van der Waals surface area contributed by atoms with Crippen LogP contribution in [0, 0.1) is 0 Å². The number of hydrogen-bond donors (Lipinski definition) is 2. The molecule has 2 aromatic carbocycles. The van der Waals surface area contributed by atoms with Gasteiger partial charge in [0, 0.05) is 26.2 Å². The summed E-state index contributed by atoms with van der Waals surface area (Å²) in [5.74, 6) is 0. The van der Waals surface area contributed by atoms with E-state index < -0.39 is 17.8 Å². The Hall–Kier alpha value is -3.13. The molecule has 3 rings (SSSR count). The summed E-state index contributed by atoms with van der Waals surface area (Å²) in [7, 11) is 0. The Morgan fingerprint density at radius 1 is 1.03 bits per heavy atom. The Balaban J connectivity index is 1.75. The second kappa shape index (κ2) is 10.7. The van der Waals surface area contributed by atoms with Crippen LogP contribution < -0.4 is 11.1 Å². The molecule has 1 aliphatic heterocycles. The molecule has 1 saturated heterocycles. The minimum atomic E-state index is -0.631. The lowest BCUT2D eigenvalue weighted by molar-refractivity contribution is 0.0251. The number of carbonyl (C=O) groups excluding carboxylic acids is 2. The molecule has 0 radical (unpaired) electrons. The molecule has 1 atom stereocenters. The molecule has 2 aromatic rings. The number of para-hydroxylation sites is 1. The number of nitrogens with zero attached hydrogens (tertiary/aromatic N) is 2. The van der Waals surface area contributed by atoms with Crippen molar-refractivity contribution < 1.29 is 19.1 Å². The number of nitrogen functional groups attached to an aromatic ring is 1. The smallest absolute Gasteiger partial charge is 0.410 e. The van der Waals surface area contributed by atoms with E-state index in [-0.39, 0.29) is 12.6 Å². The summed E-state index contributed by atoms with van der Waals surface area (Å²) < 4.78 is 11.1. The van der Waals surface area contributed by atoms with Crippen LogP contribution in [0.2, 0.25) is 5.02 Å². The Labute approximate surface area is 199 Å². The van der Waals surface area contributed by atoms with Gasteiger partial charge in [0.25, 0.3) is 0 Å². The summed E-state index contributed by atoms with van der Waals surface area (Å²) in [6.45, 7) is 6.85. The van der Waals surface area contributed by atoms with E-state index in [9.17, 15) is 9.59 Å². The highest BCUT2D eigenvalue weighted by molar-refractivity contribution is 6.33. The number of nitrogens with two attached hydrogens (primary N) is 1. The van der Waals surface area contributed by atoms with Crippen LogP contribution in [0.4, 0.5) is 21.0 Å². The van der Waals surface area contributed by atoms with Crippen LogP contribution in [0.15, 0.2) is 48.5 Å². The van der Waals surface area contributed by atoms with E-state index in [1.165, 1.54) is 0 Å². The zero-order valence-electron chi connectivity index (χ0n) is 19.2. The van der Waals surface area contributed by atoms with Crippen molar-refractivity contribution in [1.29, 1.82) is 0 Å². The van der Waals surface area contributed by atoms with Gasteiger partial charge in [-0.1, -0.05) is 48.0 Å².